The molecule has 0 fully saturated rings. The van der Waals surface area contributed by atoms with Gasteiger partial charge in [0.2, 0.25) is 11.5 Å². The molecule has 2 aromatic rings. The standard InChI is InChI=1S/C9H6N2O5/c1-5-11-3-7(15-5)9(13)16-8(12)6-2-10-4-14-6/h2-4H,1H3. The van der Waals surface area contributed by atoms with Crippen LogP contribution in [0.5, 0.6) is 0 Å². The highest BCUT2D eigenvalue weighted by molar-refractivity contribution is 5.99. The third kappa shape index (κ3) is 1.97. The summed E-state index contributed by atoms with van der Waals surface area (Å²) in [5.41, 5.74) is 0. The summed E-state index contributed by atoms with van der Waals surface area (Å²) in [7, 11) is 0. The van der Waals surface area contributed by atoms with Crippen LogP contribution in [0, 0.1) is 6.92 Å². The van der Waals surface area contributed by atoms with Gasteiger partial charge in [-0.3, -0.25) is 0 Å². The summed E-state index contributed by atoms with van der Waals surface area (Å²) in [4.78, 5) is 29.8. The molecule has 0 aliphatic heterocycles. The van der Waals surface area contributed by atoms with Crippen molar-refractivity contribution in [3.05, 3.63) is 36.2 Å². The van der Waals surface area contributed by atoms with Gasteiger partial charge >= 0.3 is 11.9 Å². The lowest BCUT2D eigenvalue weighted by Gasteiger charge is -1.96. The second kappa shape index (κ2) is 3.97. The van der Waals surface area contributed by atoms with Gasteiger partial charge in [-0.2, -0.15) is 0 Å². The Hall–Kier alpha value is -2.44. The van der Waals surface area contributed by atoms with Gasteiger partial charge in [-0.1, -0.05) is 0 Å². The molecule has 0 N–H and O–H groups in total. The number of aryl methyl sites for hydroxylation is 1. The monoisotopic (exact) mass is 222 g/mol. The molecule has 0 saturated heterocycles. The van der Waals surface area contributed by atoms with E-state index >= 15 is 0 Å². The van der Waals surface area contributed by atoms with E-state index in [1.165, 1.54) is 6.20 Å². The molecule has 0 aliphatic rings. The minimum atomic E-state index is -0.934. The van der Waals surface area contributed by atoms with Crippen LogP contribution < -0.4 is 0 Å². The van der Waals surface area contributed by atoms with Crippen molar-refractivity contribution in [3.63, 3.8) is 0 Å². The first-order valence-corrected chi connectivity index (χ1v) is 4.24. The lowest BCUT2D eigenvalue weighted by Crippen LogP contribution is -2.11. The molecule has 0 bridgehead atoms. The molecule has 0 amide bonds. The van der Waals surface area contributed by atoms with Gasteiger partial charge in [-0.25, -0.2) is 19.6 Å². The average molecular weight is 222 g/mol. The normalized spacial score (nSPS) is 10.1. The van der Waals surface area contributed by atoms with Crippen LogP contribution >= 0.6 is 0 Å². The van der Waals surface area contributed by atoms with Crippen molar-refractivity contribution in [2.24, 2.45) is 0 Å². The average Bonchev–Trinajstić information content (AvgIpc) is 2.87. The fraction of sp³-hybridized carbons (Fsp3) is 0.111. The molecular formula is C9H6N2O5. The first-order chi connectivity index (χ1) is 7.66. The Morgan fingerprint density at radius 1 is 1.25 bits per heavy atom. The highest BCUT2D eigenvalue weighted by Gasteiger charge is 2.20. The molecular weight excluding hydrogens is 216 g/mol. The lowest BCUT2D eigenvalue weighted by molar-refractivity contribution is 0.0353. The Kier molecular flexibility index (Phi) is 2.50. The molecule has 2 rings (SSSR count). The van der Waals surface area contributed by atoms with Crippen molar-refractivity contribution in [1.29, 1.82) is 0 Å². The van der Waals surface area contributed by atoms with E-state index in [1.807, 2.05) is 0 Å². The number of hydrogen-bond acceptors (Lipinski definition) is 7. The van der Waals surface area contributed by atoms with Crippen LogP contribution in [0.2, 0.25) is 0 Å². The maximum Gasteiger partial charge on any atom is 0.383 e. The summed E-state index contributed by atoms with van der Waals surface area (Å²) < 4.78 is 14.0. The Labute approximate surface area is 89.0 Å². The van der Waals surface area contributed by atoms with Gasteiger partial charge in [0, 0.05) is 6.92 Å². The fourth-order valence-corrected chi connectivity index (χ4v) is 0.957. The Balaban J connectivity index is 2.06. The van der Waals surface area contributed by atoms with E-state index < -0.39 is 11.9 Å². The first kappa shape index (κ1) is 10.1. The van der Waals surface area contributed by atoms with Crippen LogP contribution in [0.25, 0.3) is 0 Å². The van der Waals surface area contributed by atoms with Crippen molar-refractivity contribution in [1.82, 2.24) is 9.97 Å². The summed E-state index contributed by atoms with van der Waals surface area (Å²) >= 11 is 0. The zero-order chi connectivity index (χ0) is 11.5. The Bertz CT molecular complexity index is 514. The highest BCUT2D eigenvalue weighted by Crippen LogP contribution is 2.07. The molecule has 82 valence electrons. The molecule has 0 unspecified atom stereocenters. The number of hydrogen-bond donors (Lipinski definition) is 0. The number of aromatic nitrogens is 2. The van der Waals surface area contributed by atoms with Gasteiger partial charge in [0.05, 0.1) is 12.4 Å². The minimum absolute atomic E-state index is 0.148. The van der Waals surface area contributed by atoms with Crippen LogP contribution in [0.4, 0.5) is 0 Å². The van der Waals surface area contributed by atoms with Gasteiger partial charge in [0.15, 0.2) is 12.3 Å². The van der Waals surface area contributed by atoms with E-state index in [9.17, 15) is 9.59 Å². The lowest BCUT2D eigenvalue weighted by atomic mass is 10.5. The van der Waals surface area contributed by atoms with Crippen molar-refractivity contribution in [2.45, 2.75) is 6.92 Å². The number of nitrogens with zero attached hydrogens (tertiary/aromatic N) is 2. The number of oxazole rings is 2. The molecule has 0 saturated carbocycles. The third-order valence-electron chi connectivity index (χ3n) is 1.64. The van der Waals surface area contributed by atoms with E-state index in [-0.39, 0.29) is 11.5 Å². The molecule has 0 radical (unpaired) electrons. The number of carbonyl (C=O) groups is 2. The van der Waals surface area contributed by atoms with E-state index in [0.717, 1.165) is 12.6 Å². The van der Waals surface area contributed by atoms with E-state index in [4.69, 9.17) is 4.42 Å². The molecule has 0 aromatic carbocycles. The third-order valence-corrected chi connectivity index (χ3v) is 1.64. The van der Waals surface area contributed by atoms with E-state index in [0.29, 0.717) is 5.89 Å². The quantitative estimate of drug-likeness (QED) is 0.551. The van der Waals surface area contributed by atoms with Crippen molar-refractivity contribution >= 4 is 11.9 Å². The SMILES string of the molecule is Cc1ncc(C(=O)OC(=O)c2cnco2)o1. The predicted molar refractivity (Wildman–Crippen MR) is 47.5 cm³/mol. The van der Waals surface area contributed by atoms with Gasteiger partial charge < -0.3 is 13.6 Å². The second-order valence-electron chi connectivity index (χ2n) is 2.79. The molecule has 0 spiro atoms. The van der Waals surface area contributed by atoms with Crippen LogP contribution in [0.3, 0.4) is 0 Å². The summed E-state index contributed by atoms with van der Waals surface area (Å²) in [6, 6.07) is 0. The zero-order valence-electron chi connectivity index (χ0n) is 8.17. The fourth-order valence-electron chi connectivity index (χ4n) is 0.957. The van der Waals surface area contributed by atoms with E-state index in [1.54, 1.807) is 6.92 Å². The second-order valence-corrected chi connectivity index (χ2v) is 2.79. The molecule has 0 aliphatic carbocycles. The summed E-state index contributed by atoms with van der Waals surface area (Å²) in [6.45, 7) is 1.56. The molecule has 7 nitrogen and oxygen atoms in total. The van der Waals surface area contributed by atoms with Crippen LogP contribution in [0.15, 0.2) is 27.6 Å². The summed E-state index contributed by atoms with van der Waals surface area (Å²) in [5, 5.41) is 0. The zero-order valence-corrected chi connectivity index (χ0v) is 8.17. The van der Waals surface area contributed by atoms with E-state index in [2.05, 4.69) is 19.1 Å². The van der Waals surface area contributed by atoms with Gasteiger partial charge in [0.1, 0.15) is 0 Å². The van der Waals surface area contributed by atoms with Crippen LogP contribution in [0.1, 0.15) is 27.0 Å². The van der Waals surface area contributed by atoms with Crippen molar-refractivity contribution in [2.75, 3.05) is 0 Å². The Morgan fingerprint density at radius 2 is 2.00 bits per heavy atom. The topological polar surface area (TPSA) is 95.4 Å². The summed E-state index contributed by atoms with van der Waals surface area (Å²) in [5.74, 6) is -1.87. The maximum absolute atomic E-state index is 11.3. The summed E-state index contributed by atoms with van der Waals surface area (Å²) in [6.07, 6.45) is 3.37. The molecule has 2 aromatic heterocycles. The number of ether oxygens (including phenoxy) is 1. The number of carbonyl (C=O) groups excluding carboxylic acids is 2. The Morgan fingerprint density at radius 3 is 2.56 bits per heavy atom. The highest BCUT2D eigenvalue weighted by atomic mass is 16.6. The van der Waals surface area contributed by atoms with Crippen LogP contribution in [-0.4, -0.2) is 21.9 Å². The van der Waals surface area contributed by atoms with Gasteiger partial charge in [-0.05, 0) is 0 Å². The number of esters is 2. The molecule has 0 atom stereocenters. The molecule has 2 heterocycles. The van der Waals surface area contributed by atoms with Gasteiger partial charge in [0.25, 0.3) is 0 Å². The largest absolute Gasteiger partial charge is 0.436 e. The predicted octanol–water partition coefficient (Wildman–Crippen LogP) is 0.968. The minimum Gasteiger partial charge on any atom is -0.436 e. The smallest absolute Gasteiger partial charge is 0.383 e. The number of rotatable bonds is 2. The van der Waals surface area contributed by atoms with Crippen LogP contribution in [-0.2, 0) is 4.74 Å². The van der Waals surface area contributed by atoms with Crippen molar-refractivity contribution < 1.29 is 23.2 Å². The van der Waals surface area contributed by atoms with Crippen molar-refractivity contribution in [3.8, 4) is 0 Å². The maximum atomic E-state index is 11.3. The molecule has 7 heteroatoms. The molecule has 16 heavy (non-hydrogen) atoms. The first-order valence-electron chi connectivity index (χ1n) is 4.24. The van der Waals surface area contributed by atoms with Gasteiger partial charge in [-0.15, -0.1) is 0 Å².